The average molecular weight is 463 g/mol. The number of carbonyl (C=O) groups excluding carboxylic acids is 1. The molecule has 1 heterocycles. The van der Waals surface area contributed by atoms with Crippen molar-refractivity contribution in [1.82, 2.24) is 4.98 Å². The van der Waals surface area contributed by atoms with Crippen LogP contribution in [-0.2, 0) is 0 Å². The summed E-state index contributed by atoms with van der Waals surface area (Å²) >= 11 is 0. The lowest BCUT2D eigenvalue weighted by Crippen LogP contribution is -2.22. The molecule has 4 aromatic rings. The fourth-order valence-electron chi connectivity index (χ4n) is 4.03. The normalized spacial score (nSPS) is 11.9. The zero-order valence-electron chi connectivity index (χ0n) is 19.3. The van der Waals surface area contributed by atoms with Gasteiger partial charge >= 0.3 is 0 Å². The molecule has 0 saturated carbocycles. The summed E-state index contributed by atoms with van der Waals surface area (Å²) in [5.74, 6) is 0.492. The lowest BCUT2D eigenvalue weighted by Gasteiger charge is -2.22. The predicted octanol–water partition coefficient (Wildman–Crippen LogP) is 5.34. The smallest absolute Gasteiger partial charge is 0.191 e. The number of benzene rings is 3. The summed E-state index contributed by atoms with van der Waals surface area (Å²) in [7, 11) is 1.54. The van der Waals surface area contributed by atoms with Crippen molar-refractivity contribution in [3.63, 3.8) is 0 Å². The number of aryl methyl sites for hydroxylation is 2. The fourth-order valence-corrected chi connectivity index (χ4v) is 4.03. The lowest BCUT2D eigenvalue weighted by molar-refractivity contribution is 0.0971. The topological polar surface area (TPSA) is 83.6 Å². The molecule has 7 heteroatoms. The van der Waals surface area contributed by atoms with Crippen molar-refractivity contribution in [3.8, 4) is 11.5 Å². The van der Waals surface area contributed by atoms with Crippen LogP contribution >= 0.6 is 0 Å². The van der Waals surface area contributed by atoms with Gasteiger partial charge in [0.05, 0.1) is 13.7 Å². The number of rotatable bonds is 9. The number of nitrogens with one attached hydrogen (secondary N) is 2. The number of methoxy groups -OCH3 is 1. The van der Waals surface area contributed by atoms with Crippen LogP contribution < -0.4 is 14.8 Å². The van der Waals surface area contributed by atoms with Gasteiger partial charge in [-0.2, -0.15) is 0 Å². The molecule has 3 N–H and O–H groups in total. The van der Waals surface area contributed by atoms with E-state index in [1.807, 2.05) is 25.1 Å². The highest BCUT2D eigenvalue weighted by Crippen LogP contribution is 2.33. The van der Waals surface area contributed by atoms with Gasteiger partial charge in [0.25, 0.3) is 0 Å². The van der Waals surface area contributed by atoms with Crippen LogP contribution in [0.4, 0.5) is 10.1 Å². The maximum Gasteiger partial charge on any atom is 0.191 e. The van der Waals surface area contributed by atoms with Gasteiger partial charge in [-0.3, -0.25) is 4.79 Å². The van der Waals surface area contributed by atoms with Gasteiger partial charge in [0, 0.05) is 46.5 Å². The van der Waals surface area contributed by atoms with Crippen LogP contribution in [0, 0.1) is 19.7 Å². The van der Waals surface area contributed by atoms with Crippen molar-refractivity contribution >= 4 is 22.4 Å². The minimum Gasteiger partial charge on any atom is -0.497 e. The van der Waals surface area contributed by atoms with E-state index >= 15 is 0 Å². The number of carbonyl (C=O) groups is 1. The maximum atomic E-state index is 13.9. The summed E-state index contributed by atoms with van der Waals surface area (Å²) in [4.78, 5) is 17.1. The molecular formula is C27H27FN2O4. The van der Waals surface area contributed by atoms with Crippen LogP contribution in [0.2, 0.25) is 0 Å². The second-order valence-corrected chi connectivity index (χ2v) is 8.16. The molecule has 1 aromatic heterocycles. The molecule has 0 amide bonds. The minimum atomic E-state index is -0.794. The first-order chi connectivity index (χ1) is 16.4. The first kappa shape index (κ1) is 23.3. The molecule has 6 nitrogen and oxygen atoms in total. The van der Waals surface area contributed by atoms with Gasteiger partial charge in [0.15, 0.2) is 5.78 Å². The maximum absolute atomic E-state index is 13.9. The number of aromatic amines is 1. The fraction of sp³-hybridized carbons (Fsp3) is 0.222. The van der Waals surface area contributed by atoms with Crippen LogP contribution in [-0.4, -0.2) is 36.2 Å². The molecule has 176 valence electrons. The van der Waals surface area contributed by atoms with Crippen molar-refractivity contribution in [3.05, 3.63) is 88.9 Å². The molecule has 4 rings (SSSR count). The van der Waals surface area contributed by atoms with Crippen LogP contribution in [0.25, 0.3) is 10.9 Å². The number of anilines is 1. The third-order valence-corrected chi connectivity index (χ3v) is 5.69. The minimum absolute atomic E-state index is 0.126. The summed E-state index contributed by atoms with van der Waals surface area (Å²) in [5.41, 5.74) is 4.35. The Morgan fingerprint density at radius 1 is 1.09 bits per heavy atom. The molecular weight excluding hydrogens is 435 g/mol. The van der Waals surface area contributed by atoms with Crippen molar-refractivity contribution in [1.29, 1.82) is 0 Å². The quantitative estimate of drug-likeness (QED) is 0.293. The standard InChI is InChI=1S/C27H27FN2O4/c1-16-4-7-25-23(10-16)24(15-29-25)27(32)26(22-6-5-18(28)11-17(22)2)30-19-12-20(33-3)14-21(13-19)34-9-8-31/h4-7,10-15,26,29-31H,8-9H2,1-3H3. The predicted molar refractivity (Wildman–Crippen MR) is 130 cm³/mol. The first-order valence-electron chi connectivity index (χ1n) is 11.0. The number of halogens is 1. The Balaban J connectivity index is 1.79. The average Bonchev–Trinajstić information content (AvgIpc) is 3.24. The number of ether oxygens (including phenoxy) is 2. The van der Waals surface area contributed by atoms with E-state index in [4.69, 9.17) is 14.6 Å². The third kappa shape index (κ3) is 4.89. The van der Waals surface area contributed by atoms with Crippen LogP contribution in [0.1, 0.15) is 33.1 Å². The van der Waals surface area contributed by atoms with E-state index in [9.17, 15) is 9.18 Å². The summed E-state index contributed by atoms with van der Waals surface area (Å²) in [5, 5.41) is 13.2. The molecule has 0 bridgehead atoms. The highest BCUT2D eigenvalue weighted by molar-refractivity contribution is 6.11. The van der Waals surface area contributed by atoms with Gasteiger partial charge in [-0.25, -0.2) is 4.39 Å². The van der Waals surface area contributed by atoms with E-state index in [1.165, 1.54) is 19.2 Å². The Labute approximate surface area is 197 Å². The van der Waals surface area contributed by atoms with E-state index in [1.54, 1.807) is 37.4 Å². The van der Waals surface area contributed by atoms with Crippen LogP contribution in [0.3, 0.4) is 0 Å². The highest BCUT2D eigenvalue weighted by atomic mass is 19.1. The number of aliphatic hydroxyl groups is 1. The Morgan fingerprint density at radius 3 is 2.62 bits per heavy atom. The van der Waals surface area contributed by atoms with Crippen LogP contribution in [0.15, 0.2) is 60.8 Å². The Bertz CT molecular complexity index is 1330. The molecule has 0 spiro atoms. The molecule has 0 aliphatic rings. The zero-order valence-corrected chi connectivity index (χ0v) is 19.3. The molecule has 0 aliphatic heterocycles. The Hall–Kier alpha value is -3.84. The van der Waals surface area contributed by atoms with Crippen molar-refractivity contribution in [2.24, 2.45) is 0 Å². The molecule has 0 saturated heterocycles. The molecule has 3 aromatic carbocycles. The van der Waals surface area contributed by atoms with Gasteiger partial charge in [0.1, 0.15) is 30.0 Å². The van der Waals surface area contributed by atoms with Gasteiger partial charge in [0.2, 0.25) is 0 Å². The molecule has 0 fully saturated rings. The Kier molecular flexibility index (Phi) is 6.84. The van der Waals surface area contributed by atoms with E-state index in [0.29, 0.717) is 33.9 Å². The van der Waals surface area contributed by atoms with E-state index < -0.39 is 6.04 Å². The summed E-state index contributed by atoms with van der Waals surface area (Å²) < 4.78 is 24.8. The SMILES string of the molecule is COc1cc(NC(C(=O)c2c[nH]c3ccc(C)cc23)c2ccc(F)cc2C)cc(OCCO)c1. The van der Waals surface area contributed by atoms with Crippen molar-refractivity contribution in [2.75, 3.05) is 25.6 Å². The first-order valence-corrected chi connectivity index (χ1v) is 11.0. The lowest BCUT2D eigenvalue weighted by atomic mass is 9.93. The molecule has 1 atom stereocenters. The number of ketones is 1. The van der Waals surface area contributed by atoms with Gasteiger partial charge in [-0.15, -0.1) is 0 Å². The molecule has 34 heavy (non-hydrogen) atoms. The summed E-state index contributed by atoms with van der Waals surface area (Å²) in [6.45, 7) is 3.75. The molecule has 0 radical (unpaired) electrons. The monoisotopic (exact) mass is 462 g/mol. The number of H-pyrrole nitrogens is 1. The van der Waals surface area contributed by atoms with E-state index in [-0.39, 0.29) is 24.8 Å². The zero-order chi connectivity index (χ0) is 24.2. The van der Waals surface area contributed by atoms with Crippen LogP contribution in [0.5, 0.6) is 11.5 Å². The Morgan fingerprint density at radius 2 is 1.88 bits per heavy atom. The van der Waals surface area contributed by atoms with Crippen molar-refractivity contribution in [2.45, 2.75) is 19.9 Å². The number of hydrogen-bond acceptors (Lipinski definition) is 5. The molecule has 1 unspecified atom stereocenters. The third-order valence-electron chi connectivity index (χ3n) is 5.69. The number of fused-ring (bicyclic) bond motifs is 1. The van der Waals surface area contributed by atoms with Gasteiger partial charge in [-0.05, 0) is 49.2 Å². The van der Waals surface area contributed by atoms with E-state index in [0.717, 1.165) is 16.5 Å². The number of hydrogen-bond donors (Lipinski definition) is 3. The summed E-state index contributed by atoms with van der Waals surface area (Å²) in [6, 6.07) is 14.7. The molecule has 0 aliphatic carbocycles. The van der Waals surface area contributed by atoms with Gasteiger partial charge in [-0.1, -0.05) is 17.7 Å². The van der Waals surface area contributed by atoms with Crippen molar-refractivity contribution < 1.29 is 23.8 Å². The second kappa shape index (κ2) is 9.97. The van der Waals surface area contributed by atoms with Gasteiger partial charge < -0.3 is 24.9 Å². The number of aromatic nitrogens is 1. The number of aliphatic hydroxyl groups excluding tert-OH is 1. The second-order valence-electron chi connectivity index (χ2n) is 8.16. The highest BCUT2D eigenvalue weighted by Gasteiger charge is 2.26. The summed E-state index contributed by atoms with van der Waals surface area (Å²) in [6.07, 6.45) is 1.71. The number of Topliss-reactive ketones (excluding diaryl/α,β-unsaturated/α-hetero) is 1. The van der Waals surface area contributed by atoms with E-state index in [2.05, 4.69) is 10.3 Å². The largest absolute Gasteiger partial charge is 0.497 e.